The van der Waals surface area contributed by atoms with Gasteiger partial charge in [-0.3, -0.25) is 18.9 Å². The monoisotopic (exact) mass is 922 g/mol. The molecule has 3 amide bonds. The Kier molecular flexibility index (Phi) is 16.6. The van der Waals surface area contributed by atoms with Gasteiger partial charge in [-0.2, -0.15) is 8.42 Å². The maximum Gasteiger partial charge on any atom is 0.408 e. The second kappa shape index (κ2) is 19.2. The predicted octanol–water partition coefficient (Wildman–Crippen LogP) is 1.16. The van der Waals surface area contributed by atoms with Crippen molar-refractivity contribution in [2.75, 3.05) is 0 Å². The van der Waals surface area contributed by atoms with Crippen LogP contribution in [0.5, 0.6) is 0 Å². The van der Waals surface area contributed by atoms with Crippen LogP contribution in [-0.2, 0) is 54.6 Å². The average molecular weight is 923 g/mol. The second-order valence-electron chi connectivity index (χ2n) is 15.8. The van der Waals surface area contributed by atoms with Crippen LogP contribution in [0.1, 0.15) is 70.4 Å². The Morgan fingerprint density at radius 2 is 1.15 bits per heavy atom. The number of carbonyl (C=O) groups excluding carboxylic acids is 3. The lowest BCUT2D eigenvalue weighted by Crippen LogP contribution is -2.72. The lowest BCUT2D eigenvalue weighted by atomic mass is 10.2. The number of aryl methyl sites for hydroxylation is 2. The van der Waals surface area contributed by atoms with Gasteiger partial charge in [0, 0.05) is 18.3 Å². The minimum Gasteiger partial charge on any atom is -0.744 e. The van der Waals surface area contributed by atoms with Gasteiger partial charge in [-0.25, -0.2) is 34.8 Å². The van der Waals surface area contributed by atoms with E-state index in [1.165, 1.54) is 30.3 Å². The zero-order chi connectivity index (χ0) is 45.0. The average Bonchev–Trinajstić information content (AvgIpc) is 3.90. The summed E-state index contributed by atoms with van der Waals surface area (Å²) in [5.41, 5.74) is 2.84. The Hall–Kier alpha value is -4.23. The number of ether oxygens (including phenoxy) is 1. The third-order valence-corrected chi connectivity index (χ3v) is 14.7. The molecular formula is C37H54N4O15S4. The van der Waals surface area contributed by atoms with Crippen LogP contribution in [0.4, 0.5) is 4.79 Å². The van der Waals surface area contributed by atoms with E-state index in [-0.39, 0.29) is 32.4 Å². The zero-order valence-corrected chi connectivity index (χ0v) is 37.1. The Labute approximate surface area is 351 Å². The third-order valence-electron chi connectivity index (χ3n) is 9.32. The van der Waals surface area contributed by atoms with Crippen molar-refractivity contribution in [1.29, 1.82) is 0 Å². The van der Waals surface area contributed by atoms with E-state index in [0.717, 1.165) is 11.1 Å². The molecule has 4 fully saturated rings. The lowest BCUT2D eigenvalue weighted by molar-refractivity contribution is -0.423. The third kappa shape index (κ3) is 15.0. The zero-order valence-electron chi connectivity index (χ0n) is 33.8. The molecule has 9 N–H and O–H groups in total. The predicted molar refractivity (Wildman–Crippen MR) is 218 cm³/mol. The van der Waals surface area contributed by atoms with Gasteiger partial charge >= 0.3 is 6.09 Å². The Bertz CT molecular complexity index is 2280. The number of hydrogen-bond donors (Lipinski definition) is 5. The maximum atomic E-state index is 12.3. The summed E-state index contributed by atoms with van der Waals surface area (Å²) in [4.78, 5) is 35.6. The van der Waals surface area contributed by atoms with Crippen LogP contribution in [0.25, 0.3) is 0 Å². The molecule has 0 saturated heterocycles. The summed E-state index contributed by atoms with van der Waals surface area (Å²) in [6.45, 7) is 16.0. The van der Waals surface area contributed by atoms with Crippen LogP contribution in [-0.4, -0.2) is 93.3 Å². The van der Waals surface area contributed by atoms with Crippen LogP contribution in [0.2, 0.25) is 0 Å². The topological polar surface area (TPSA) is 336 Å². The SMILES string of the molecule is C=CC1C[C@]1(NC(=O)OC(C)(C)C)C(=O)NS(=O)(=O)C1CC1.C=CC1C[C@]1([NH3+])C(=O)NS(=O)(=O)C1CC1.Cc1ccc(S(=O)(=O)O)cc1.Cc1ccc(S(=O)(=O)[O-])cc1.O. The first-order chi connectivity index (χ1) is 26.9. The van der Waals surface area contributed by atoms with Gasteiger partial charge in [-0.15, -0.1) is 13.2 Å². The van der Waals surface area contributed by atoms with Crippen molar-refractivity contribution < 1.29 is 73.1 Å². The van der Waals surface area contributed by atoms with E-state index < -0.39 is 80.1 Å². The highest BCUT2D eigenvalue weighted by Gasteiger charge is 2.62. The highest BCUT2D eigenvalue weighted by molar-refractivity contribution is 7.91. The van der Waals surface area contributed by atoms with Gasteiger partial charge in [0.15, 0.2) is 5.54 Å². The van der Waals surface area contributed by atoms with Gasteiger partial charge in [0.25, 0.3) is 21.9 Å². The van der Waals surface area contributed by atoms with Crippen LogP contribution in [0.3, 0.4) is 0 Å². The molecule has 6 rings (SSSR count). The second-order valence-corrected chi connectivity index (χ2v) is 22.5. The summed E-state index contributed by atoms with van der Waals surface area (Å²) >= 11 is 0. The molecule has 4 atom stereocenters. The van der Waals surface area contributed by atoms with Crippen LogP contribution >= 0.6 is 0 Å². The summed E-state index contributed by atoms with van der Waals surface area (Å²) in [5, 5.41) is 1.62. The van der Waals surface area contributed by atoms with Crippen LogP contribution in [0, 0.1) is 25.7 Å². The molecule has 4 aliphatic carbocycles. The Morgan fingerprint density at radius 3 is 1.47 bits per heavy atom. The van der Waals surface area contributed by atoms with E-state index in [4.69, 9.17) is 9.29 Å². The number of sulfonamides is 2. The number of benzene rings is 2. The highest BCUT2D eigenvalue weighted by atomic mass is 32.2. The van der Waals surface area contributed by atoms with E-state index in [1.54, 1.807) is 51.1 Å². The first-order valence-corrected chi connectivity index (χ1v) is 24.1. The van der Waals surface area contributed by atoms with E-state index in [0.29, 0.717) is 38.5 Å². The van der Waals surface area contributed by atoms with Gasteiger partial charge in [0.2, 0.25) is 20.0 Å². The molecule has 23 heteroatoms. The number of carbonyl (C=O) groups is 3. The van der Waals surface area contributed by atoms with Crippen LogP contribution < -0.4 is 20.5 Å². The first-order valence-electron chi connectivity index (χ1n) is 18.2. The number of alkyl carbamates (subject to hydrolysis) is 1. The molecule has 0 heterocycles. The van der Waals surface area contributed by atoms with Crippen molar-refractivity contribution in [3.8, 4) is 0 Å². The van der Waals surface area contributed by atoms with Gasteiger partial charge in [0.05, 0.1) is 20.3 Å². The normalized spacial score (nSPS) is 23.0. The molecule has 0 aliphatic heterocycles. The van der Waals surface area contributed by atoms with Gasteiger partial charge < -0.3 is 25.8 Å². The van der Waals surface area contributed by atoms with Crippen molar-refractivity contribution >= 4 is 58.2 Å². The quantitative estimate of drug-likeness (QED) is 0.156. The largest absolute Gasteiger partial charge is 0.744 e. The van der Waals surface area contributed by atoms with E-state index in [2.05, 4.69) is 33.7 Å². The number of nitrogens with one attached hydrogen (secondary N) is 3. The molecule has 0 bridgehead atoms. The molecular weight excluding hydrogens is 869 g/mol. The molecule has 4 aliphatic rings. The number of amides is 3. The fourth-order valence-corrected chi connectivity index (χ4v) is 8.91. The van der Waals surface area contributed by atoms with E-state index in [1.807, 2.05) is 13.8 Å². The van der Waals surface area contributed by atoms with E-state index in [9.17, 15) is 52.6 Å². The minimum atomic E-state index is -4.27. The maximum absolute atomic E-state index is 12.3. The van der Waals surface area contributed by atoms with Crippen molar-refractivity contribution in [3.63, 3.8) is 0 Å². The molecule has 2 aromatic rings. The Morgan fingerprint density at radius 1 is 0.750 bits per heavy atom. The summed E-state index contributed by atoms with van der Waals surface area (Å²) in [6.07, 6.45) is 5.73. The first kappa shape index (κ1) is 51.9. The molecule has 336 valence electrons. The number of quaternary nitrogens is 1. The van der Waals surface area contributed by atoms with Gasteiger partial charge in [-0.05, 0) is 91.0 Å². The molecule has 2 aromatic carbocycles. The molecule has 0 spiro atoms. The molecule has 4 saturated carbocycles. The van der Waals surface area contributed by atoms with Gasteiger partial charge in [-0.1, -0.05) is 47.5 Å². The smallest absolute Gasteiger partial charge is 0.408 e. The van der Waals surface area contributed by atoms with E-state index >= 15 is 0 Å². The standard InChI is InChI=1S/C14H22N2O5S.C9H14N2O3S.2C7H8O3S.H2O/c1-5-9-8-14(9,15-12(18)21-13(2,3)4)11(17)16-22(19,20)10-6-7-10;1-2-6-5-9(6,10)8(12)11-15(13,14)7-3-4-7;2*1-6-2-4-7(5-3-6)11(8,9)10;/h5,9-10H,1,6-8H2,2-4H3,(H,15,18)(H,16,17);2,6-7H,1,3-5,10H2,(H,11,12);2*2-5H,1H3,(H,8,9,10);1H2/t9?,14-;6?,9-;;;/m11.../s1. The van der Waals surface area contributed by atoms with Crippen molar-refractivity contribution in [3.05, 3.63) is 85.0 Å². The summed E-state index contributed by atoms with van der Waals surface area (Å²) in [6, 6.07) is 11.8. The molecule has 60 heavy (non-hydrogen) atoms. The molecule has 0 radical (unpaired) electrons. The van der Waals surface area contributed by atoms with Crippen molar-refractivity contribution in [2.24, 2.45) is 11.8 Å². The molecule has 0 aromatic heterocycles. The lowest BCUT2D eigenvalue weighted by Gasteiger charge is -2.23. The molecule has 2 unspecified atom stereocenters. The van der Waals surface area contributed by atoms with Gasteiger partial charge in [0.1, 0.15) is 21.3 Å². The summed E-state index contributed by atoms with van der Waals surface area (Å²) < 4.78 is 117. The fraction of sp³-hybridized carbons (Fsp3) is 0.486. The van der Waals surface area contributed by atoms with Crippen LogP contribution in [0.15, 0.2) is 83.6 Å². The number of hydrogen-bond acceptors (Lipinski definition) is 13. The number of rotatable bonds is 11. The summed E-state index contributed by atoms with van der Waals surface area (Å²) in [7, 11) is -15.4. The minimum absolute atomic E-state index is 0. The highest BCUT2D eigenvalue weighted by Crippen LogP contribution is 2.45. The summed E-state index contributed by atoms with van der Waals surface area (Å²) in [5.74, 6) is -1.52. The van der Waals surface area contributed by atoms with Crippen molar-refractivity contribution in [2.45, 2.75) is 110 Å². The Balaban J connectivity index is 0.000000287. The fourth-order valence-electron chi connectivity index (χ4n) is 5.21. The van der Waals surface area contributed by atoms with Crippen molar-refractivity contribution in [1.82, 2.24) is 14.8 Å². The molecule has 19 nitrogen and oxygen atoms in total.